The summed E-state index contributed by atoms with van der Waals surface area (Å²) in [4.78, 5) is 15.0. The van der Waals surface area contributed by atoms with Crippen molar-refractivity contribution in [3.05, 3.63) is 28.5 Å². The summed E-state index contributed by atoms with van der Waals surface area (Å²) in [5.74, 6) is -1.13. The summed E-state index contributed by atoms with van der Waals surface area (Å²) in [6.45, 7) is 0.271. The number of hydrogen-bond donors (Lipinski definition) is 2. The third kappa shape index (κ3) is 4.68. The quantitative estimate of drug-likeness (QED) is 0.263. The maximum absolute atomic E-state index is 16.5. The number of nitrogens with one attached hydrogen (secondary N) is 1. The van der Waals surface area contributed by atoms with Crippen LogP contribution in [0, 0.1) is 11.2 Å². The topological polar surface area (TPSA) is 98.4 Å². The number of rotatable bonds is 5. The summed E-state index contributed by atoms with van der Waals surface area (Å²) < 4.78 is 98.5. The van der Waals surface area contributed by atoms with E-state index in [-0.39, 0.29) is 66.4 Å². The number of pyridine rings is 1. The molecule has 2 saturated heterocycles. The molecule has 3 aliphatic heterocycles. The van der Waals surface area contributed by atoms with Crippen LogP contribution < -0.4 is 25.4 Å². The normalized spacial score (nSPS) is 24.3. The summed E-state index contributed by atoms with van der Waals surface area (Å²) in [7, 11) is 0. The number of ether oxygens (including phenoxy) is 2. The summed E-state index contributed by atoms with van der Waals surface area (Å²) in [6.07, 6.45) is -4.13. The van der Waals surface area contributed by atoms with Gasteiger partial charge in [0, 0.05) is 42.3 Å². The first kappa shape index (κ1) is 28.5. The van der Waals surface area contributed by atoms with Gasteiger partial charge in [-0.25, -0.2) is 18.2 Å². The van der Waals surface area contributed by atoms with E-state index in [9.17, 15) is 22.0 Å². The van der Waals surface area contributed by atoms with Crippen molar-refractivity contribution in [2.75, 3.05) is 30.4 Å². The van der Waals surface area contributed by atoms with Crippen LogP contribution >= 0.6 is 11.6 Å². The molecule has 1 aromatic carbocycles. The molecule has 0 unspecified atom stereocenters. The Labute approximate surface area is 246 Å². The molecule has 1 saturated carbocycles. The minimum absolute atomic E-state index is 0.0652. The lowest BCUT2D eigenvalue weighted by Crippen LogP contribution is -2.59. The Bertz CT molecular complexity index is 1600. The van der Waals surface area contributed by atoms with Crippen molar-refractivity contribution in [2.24, 2.45) is 5.41 Å². The first-order valence-electron chi connectivity index (χ1n) is 14.1. The molecule has 0 radical (unpaired) electrons. The Morgan fingerprint density at radius 2 is 1.95 bits per heavy atom. The predicted molar refractivity (Wildman–Crippen MR) is 146 cm³/mol. The number of nitrogens with two attached hydrogens (primary N) is 1. The van der Waals surface area contributed by atoms with E-state index in [1.807, 2.05) is 4.90 Å². The molecular weight excluding hydrogens is 602 g/mol. The lowest BCUT2D eigenvalue weighted by Gasteiger charge is -2.43. The summed E-state index contributed by atoms with van der Waals surface area (Å²) in [5, 5.41) is 2.92. The van der Waals surface area contributed by atoms with E-state index in [2.05, 4.69) is 20.3 Å². The van der Waals surface area contributed by atoms with E-state index < -0.39 is 57.8 Å². The second-order valence-corrected chi connectivity index (χ2v) is 12.2. The molecule has 3 aromatic rings. The largest absolute Gasteiger partial charge is 0.477 e. The van der Waals surface area contributed by atoms with Crippen molar-refractivity contribution >= 4 is 34.0 Å². The van der Waals surface area contributed by atoms with Crippen molar-refractivity contribution in [1.29, 1.82) is 0 Å². The van der Waals surface area contributed by atoms with E-state index in [1.165, 1.54) is 0 Å². The lowest BCUT2D eigenvalue weighted by atomic mass is 9.70. The number of nitrogens with zero attached hydrogens (tertiary/aromatic N) is 4. The predicted octanol–water partition coefficient (Wildman–Crippen LogP) is 5.99. The molecule has 230 valence electrons. The van der Waals surface area contributed by atoms with Crippen LogP contribution in [0.2, 0.25) is 5.02 Å². The SMILES string of the molecule is Nc1cc(Cl)c(C(F)(F)F)c(-c2nc3c4c(nc(OCC5(C(F)F)CCC5)nc4c2F)N2C[C@H]4CC[C@H](N4)[C@H]2CCO3)c1. The monoisotopic (exact) mass is 628 g/mol. The van der Waals surface area contributed by atoms with Crippen LogP contribution in [0.1, 0.15) is 44.1 Å². The number of hydrogen-bond acceptors (Lipinski definition) is 8. The van der Waals surface area contributed by atoms with Gasteiger partial charge in [0.15, 0.2) is 5.82 Å². The molecule has 1 aliphatic carbocycles. The molecule has 8 nitrogen and oxygen atoms in total. The van der Waals surface area contributed by atoms with Crippen molar-refractivity contribution in [1.82, 2.24) is 20.3 Å². The van der Waals surface area contributed by atoms with Crippen molar-refractivity contribution in [2.45, 2.75) is 69.3 Å². The van der Waals surface area contributed by atoms with Crippen LogP contribution in [0.15, 0.2) is 12.1 Å². The van der Waals surface area contributed by atoms with Gasteiger partial charge in [-0.3, -0.25) is 0 Å². The highest BCUT2D eigenvalue weighted by Crippen LogP contribution is 2.48. The number of piperazine rings is 1. The average molecular weight is 629 g/mol. The highest BCUT2D eigenvalue weighted by molar-refractivity contribution is 6.32. The average Bonchev–Trinajstić information content (AvgIpc) is 3.29. The highest BCUT2D eigenvalue weighted by Gasteiger charge is 2.47. The first-order chi connectivity index (χ1) is 20.4. The minimum atomic E-state index is -4.97. The molecule has 7 rings (SSSR count). The van der Waals surface area contributed by atoms with Gasteiger partial charge in [-0.15, -0.1) is 0 Å². The number of aromatic nitrogens is 3. The molecular formula is C28H27ClF6N6O2. The number of fused-ring (bicyclic) bond motifs is 5. The summed E-state index contributed by atoms with van der Waals surface area (Å²) in [6, 6.07) is 1.65. The third-order valence-electron chi connectivity index (χ3n) is 9.15. The summed E-state index contributed by atoms with van der Waals surface area (Å²) in [5.41, 5.74) is 1.19. The first-order valence-corrected chi connectivity index (χ1v) is 14.5. The molecule has 0 amide bonds. The van der Waals surface area contributed by atoms with E-state index in [4.69, 9.17) is 26.8 Å². The Morgan fingerprint density at radius 1 is 1.16 bits per heavy atom. The van der Waals surface area contributed by atoms with Crippen molar-refractivity contribution in [3.63, 3.8) is 0 Å². The zero-order chi connectivity index (χ0) is 30.3. The minimum Gasteiger partial charge on any atom is -0.477 e. The molecule has 3 N–H and O–H groups in total. The maximum Gasteiger partial charge on any atom is 0.418 e. The molecule has 5 heterocycles. The standard InChI is InChI=1S/C28H27ClF6N6O2/c29-15-9-12(36)8-14(19(15)28(33,34)35)21-20(30)22-18-23(40-26(39-22)43-11-27(25(31)32)5-1-6-27)41-10-13-2-3-16(37-13)17(41)4-7-42-24(18)38-21/h8-9,13,16-17,25,37H,1-7,10-11,36H2/t13-,16+,17-/m1/s1. The van der Waals surface area contributed by atoms with Gasteiger partial charge in [0.2, 0.25) is 12.3 Å². The molecule has 3 fully saturated rings. The van der Waals surface area contributed by atoms with Gasteiger partial charge in [0.05, 0.1) is 22.6 Å². The van der Waals surface area contributed by atoms with Crippen molar-refractivity contribution in [3.8, 4) is 23.1 Å². The zero-order valence-electron chi connectivity index (χ0n) is 22.7. The molecule has 4 aliphatic rings. The Balaban J connectivity index is 1.45. The van der Waals surface area contributed by atoms with E-state index >= 15 is 4.39 Å². The fraction of sp³-hybridized carbons (Fsp3) is 0.536. The Kier molecular flexibility index (Phi) is 6.73. The number of nitrogen functional groups attached to an aromatic ring is 1. The number of halogens is 7. The highest BCUT2D eigenvalue weighted by atomic mass is 35.5. The van der Waals surface area contributed by atoms with Crippen LogP contribution in [0.4, 0.5) is 37.8 Å². The van der Waals surface area contributed by atoms with Crippen LogP contribution in [0.5, 0.6) is 11.9 Å². The second kappa shape index (κ2) is 10.1. The third-order valence-corrected chi connectivity index (χ3v) is 9.44. The number of anilines is 2. The van der Waals surface area contributed by atoms with Crippen LogP contribution in [0.3, 0.4) is 0 Å². The molecule has 43 heavy (non-hydrogen) atoms. The van der Waals surface area contributed by atoms with Crippen LogP contribution in [-0.4, -0.2) is 59.3 Å². The van der Waals surface area contributed by atoms with Gasteiger partial charge >= 0.3 is 12.2 Å². The van der Waals surface area contributed by atoms with E-state index in [0.717, 1.165) is 25.0 Å². The molecule has 2 bridgehead atoms. The summed E-state index contributed by atoms with van der Waals surface area (Å²) >= 11 is 5.96. The van der Waals surface area contributed by atoms with Gasteiger partial charge in [-0.05, 0) is 37.8 Å². The van der Waals surface area contributed by atoms with Crippen LogP contribution in [0.25, 0.3) is 22.2 Å². The molecule has 2 aromatic heterocycles. The van der Waals surface area contributed by atoms with Crippen molar-refractivity contribution < 1.29 is 35.8 Å². The Hall–Kier alpha value is -3.26. The second-order valence-electron chi connectivity index (χ2n) is 11.8. The van der Waals surface area contributed by atoms with E-state index in [1.54, 1.807) is 0 Å². The van der Waals surface area contributed by atoms with Gasteiger partial charge < -0.3 is 25.4 Å². The molecule has 3 atom stereocenters. The smallest absolute Gasteiger partial charge is 0.418 e. The van der Waals surface area contributed by atoms with Crippen LogP contribution in [-0.2, 0) is 6.18 Å². The van der Waals surface area contributed by atoms with Gasteiger partial charge in [-0.1, -0.05) is 18.0 Å². The van der Waals surface area contributed by atoms with Gasteiger partial charge in [0.25, 0.3) is 0 Å². The van der Waals surface area contributed by atoms with Gasteiger partial charge in [0.1, 0.15) is 29.0 Å². The molecule has 0 spiro atoms. The number of benzene rings is 1. The van der Waals surface area contributed by atoms with E-state index in [0.29, 0.717) is 19.4 Å². The zero-order valence-corrected chi connectivity index (χ0v) is 23.4. The van der Waals surface area contributed by atoms with Gasteiger partial charge in [-0.2, -0.15) is 23.1 Å². The fourth-order valence-electron chi connectivity index (χ4n) is 6.79. The maximum atomic E-state index is 16.5. The number of alkyl halides is 5. The Morgan fingerprint density at radius 3 is 2.65 bits per heavy atom. The fourth-order valence-corrected chi connectivity index (χ4v) is 7.13. The lowest BCUT2D eigenvalue weighted by molar-refractivity contribution is -0.137. The molecule has 15 heteroatoms.